The minimum Gasteiger partial charge on any atom is -0.353 e. The first kappa shape index (κ1) is 18.1. The van der Waals surface area contributed by atoms with Gasteiger partial charge < -0.3 is 10.2 Å². The fraction of sp³-hybridized carbons (Fsp3) is 0.706. The smallest absolute Gasteiger partial charge is 0.225 e. The van der Waals surface area contributed by atoms with Crippen LogP contribution < -0.4 is 10.2 Å². The largest absolute Gasteiger partial charge is 0.353 e. The second kappa shape index (κ2) is 8.12. The van der Waals surface area contributed by atoms with Crippen molar-refractivity contribution in [1.29, 1.82) is 0 Å². The van der Waals surface area contributed by atoms with Crippen molar-refractivity contribution in [3.63, 3.8) is 0 Å². The molecule has 0 aromatic carbocycles. The normalized spacial score (nSPS) is 19.9. The second-order valence-corrected chi connectivity index (χ2v) is 9.30. The second-order valence-electron chi connectivity index (χ2n) is 6.90. The van der Waals surface area contributed by atoms with Gasteiger partial charge in [-0.15, -0.1) is 0 Å². The topological polar surface area (TPSA) is 92.3 Å². The molecule has 1 amide bonds. The van der Waals surface area contributed by atoms with Gasteiger partial charge in [-0.05, 0) is 31.7 Å². The molecular weight excluding hydrogens is 340 g/mol. The summed E-state index contributed by atoms with van der Waals surface area (Å²) in [5.74, 6) is 0.533. The molecule has 7 nitrogen and oxygen atoms in total. The molecule has 1 aliphatic heterocycles. The average molecular weight is 366 g/mol. The van der Waals surface area contributed by atoms with Gasteiger partial charge in [0.1, 0.15) is 0 Å². The van der Waals surface area contributed by atoms with E-state index >= 15 is 0 Å². The Balaban J connectivity index is 1.40. The Kier molecular flexibility index (Phi) is 5.88. The van der Waals surface area contributed by atoms with Crippen molar-refractivity contribution in [2.45, 2.75) is 56.2 Å². The van der Waals surface area contributed by atoms with Crippen LogP contribution in [0.4, 0.5) is 5.95 Å². The monoisotopic (exact) mass is 366 g/mol. The molecule has 2 aliphatic rings. The molecule has 0 spiro atoms. The third-order valence-corrected chi connectivity index (χ3v) is 7.38. The number of sulfone groups is 1. The van der Waals surface area contributed by atoms with Crippen molar-refractivity contribution >= 4 is 21.7 Å². The molecule has 2 fully saturated rings. The highest BCUT2D eigenvalue weighted by Gasteiger charge is 2.29. The highest BCUT2D eigenvalue weighted by Crippen LogP contribution is 2.25. The first-order valence-corrected chi connectivity index (χ1v) is 10.8. The van der Waals surface area contributed by atoms with E-state index in [1.165, 1.54) is 0 Å². The number of piperidine rings is 1. The summed E-state index contributed by atoms with van der Waals surface area (Å²) in [6.07, 6.45) is 8.63. The first-order valence-electron chi connectivity index (χ1n) is 9.07. The van der Waals surface area contributed by atoms with Crippen LogP contribution in [-0.2, 0) is 14.6 Å². The highest BCUT2D eigenvalue weighted by atomic mass is 32.2. The van der Waals surface area contributed by atoms with Gasteiger partial charge in [0.05, 0.1) is 11.0 Å². The Morgan fingerprint density at radius 2 is 1.76 bits per heavy atom. The van der Waals surface area contributed by atoms with E-state index in [4.69, 9.17) is 0 Å². The van der Waals surface area contributed by atoms with Crippen molar-refractivity contribution in [1.82, 2.24) is 15.3 Å². The molecular formula is C17H26N4O3S. The predicted octanol–water partition coefficient (Wildman–Crippen LogP) is 1.31. The zero-order valence-corrected chi connectivity index (χ0v) is 15.2. The number of aromatic nitrogens is 2. The number of carbonyl (C=O) groups excluding carboxylic acids is 1. The van der Waals surface area contributed by atoms with E-state index in [0.717, 1.165) is 57.6 Å². The fourth-order valence-electron chi connectivity index (χ4n) is 3.63. The molecule has 0 radical (unpaired) electrons. The lowest BCUT2D eigenvalue weighted by Gasteiger charge is -2.32. The van der Waals surface area contributed by atoms with Gasteiger partial charge in [0.25, 0.3) is 0 Å². The van der Waals surface area contributed by atoms with Crippen LogP contribution in [0.5, 0.6) is 0 Å². The van der Waals surface area contributed by atoms with Crippen molar-refractivity contribution in [2.75, 3.05) is 23.7 Å². The number of anilines is 1. The lowest BCUT2D eigenvalue weighted by Crippen LogP contribution is -2.45. The molecule has 1 saturated carbocycles. The molecule has 8 heteroatoms. The quantitative estimate of drug-likeness (QED) is 0.816. The van der Waals surface area contributed by atoms with Crippen LogP contribution in [0.15, 0.2) is 18.5 Å². The lowest BCUT2D eigenvalue weighted by atomic mass is 10.1. The molecule has 1 aromatic rings. The van der Waals surface area contributed by atoms with E-state index in [0.29, 0.717) is 0 Å². The van der Waals surface area contributed by atoms with Crippen LogP contribution in [-0.4, -0.2) is 54.4 Å². The third kappa shape index (κ3) is 4.90. The molecule has 1 N–H and O–H groups in total. The standard InChI is InChI=1S/C17H26N4O3S/c22-16(8-13-25(23,24)15-4-1-2-5-15)20-14-6-11-21(12-7-14)17-18-9-3-10-19-17/h3,9-10,14-15H,1-2,4-8,11-13H2,(H,20,22). The van der Waals surface area contributed by atoms with Crippen molar-refractivity contribution < 1.29 is 13.2 Å². The Bertz CT molecular complexity index is 666. The Morgan fingerprint density at radius 1 is 1.12 bits per heavy atom. The molecule has 25 heavy (non-hydrogen) atoms. The maximum absolute atomic E-state index is 12.2. The first-order chi connectivity index (χ1) is 12.0. The Labute approximate surface area is 149 Å². The Hall–Kier alpha value is -1.70. The van der Waals surface area contributed by atoms with Gasteiger partial charge in [0, 0.05) is 37.9 Å². The summed E-state index contributed by atoms with van der Waals surface area (Å²) in [6, 6.07) is 1.89. The molecule has 1 saturated heterocycles. The van der Waals surface area contributed by atoms with E-state index < -0.39 is 9.84 Å². The molecule has 0 unspecified atom stereocenters. The van der Waals surface area contributed by atoms with Gasteiger partial charge in [-0.2, -0.15) is 0 Å². The number of carbonyl (C=O) groups is 1. The van der Waals surface area contributed by atoms with Crippen molar-refractivity contribution in [3.05, 3.63) is 18.5 Å². The van der Waals surface area contributed by atoms with Gasteiger partial charge >= 0.3 is 0 Å². The van der Waals surface area contributed by atoms with Crippen molar-refractivity contribution in [2.24, 2.45) is 0 Å². The van der Waals surface area contributed by atoms with Gasteiger partial charge in [-0.3, -0.25) is 4.79 Å². The van der Waals surface area contributed by atoms with Gasteiger partial charge in [0.2, 0.25) is 11.9 Å². The number of nitrogens with one attached hydrogen (secondary N) is 1. The van der Waals surface area contributed by atoms with Crippen LogP contribution in [0.25, 0.3) is 0 Å². The number of nitrogens with zero attached hydrogens (tertiary/aromatic N) is 3. The van der Waals surface area contributed by atoms with Crippen LogP contribution in [0, 0.1) is 0 Å². The zero-order valence-electron chi connectivity index (χ0n) is 14.4. The fourth-order valence-corrected chi connectivity index (χ4v) is 5.48. The maximum Gasteiger partial charge on any atom is 0.225 e. The SMILES string of the molecule is O=C(CCS(=O)(=O)C1CCCC1)NC1CCN(c2ncccn2)CC1. The van der Waals surface area contributed by atoms with Crippen LogP contribution in [0.2, 0.25) is 0 Å². The van der Waals surface area contributed by atoms with E-state index in [1.807, 2.05) is 0 Å². The number of hydrogen-bond acceptors (Lipinski definition) is 6. The highest BCUT2D eigenvalue weighted by molar-refractivity contribution is 7.92. The van der Waals surface area contributed by atoms with Crippen LogP contribution in [0.1, 0.15) is 44.9 Å². The van der Waals surface area contributed by atoms with E-state index in [9.17, 15) is 13.2 Å². The third-order valence-electron chi connectivity index (χ3n) is 5.12. The summed E-state index contributed by atoms with van der Waals surface area (Å²) in [6.45, 7) is 1.57. The number of rotatable bonds is 6. The molecule has 0 bridgehead atoms. The molecule has 1 aromatic heterocycles. The molecule has 3 rings (SSSR count). The Morgan fingerprint density at radius 3 is 2.40 bits per heavy atom. The van der Waals surface area contributed by atoms with E-state index in [1.54, 1.807) is 18.5 Å². The molecule has 1 aliphatic carbocycles. The van der Waals surface area contributed by atoms with Crippen LogP contribution >= 0.6 is 0 Å². The molecule has 2 heterocycles. The zero-order chi connectivity index (χ0) is 17.7. The number of amides is 1. The maximum atomic E-state index is 12.2. The predicted molar refractivity (Wildman–Crippen MR) is 96.1 cm³/mol. The van der Waals surface area contributed by atoms with E-state index in [2.05, 4.69) is 20.2 Å². The minimum absolute atomic E-state index is 0.0276. The summed E-state index contributed by atoms with van der Waals surface area (Å²) in [5, 5.41) is 2.76. The minimum atomic E-state index is -3.13. The van der Waals surface area contributed by atoms with Gasteiger partial charge in [-0.25, -0.2) is 18.4 Å². The summed E-state index contributed by atoms with van der Waals surface area (Å²) in [4.78, 5) is 22.7. The van der Waals surface area contributed by atoms with Gasteiger partial charge in [0.15, 0.2) is 9.84 Å². The lowest BCUT2D eigenvalue weighted by molar-refractivity contribution is -0.121. The van der Waals surface area contributed by atoms with Crippen LogP contribution in [0.3, 0.4) is 0 Å². The summed E-state index contributed by atoms with van der Waals surface area (Å²) in [7, 11) is -3.13. The van der Waals surface area contributed by atoms with Crippen molar-refractivity contribution in [3.8, 4) is 0 Å². The van der Waals surface area contributed by atoms with Gasteiger partial charge in [-0.1, -0.05) is 12.8 Å². The number of hydrogen-bond donors (Lipinski definition) is 1. The molecule has 138 valence electrons. The summed E-state index contributed by atoms with van der Waals surface area (Å²) < 4.78 is 24.5. The molecule has 0 atom stereocenters. The summed E-state index contributed by atoms with van der Waals surface area (Å²) in [5.41, 5.74) is 0. The van der Waals surface area contributed by atoms with E-state index in [-0.39, 0.29) is 29.4 Å². The summed E-state index contributed by atoms with van der Waals surface area (Å²) >= 11 is 0. The average Bonchev–Trinajstić information content (AvgIpc) is 3.17.